The minimum absolute atomic E-state index is 0.127. The van der Waals surface area contributed by atoms with E-state index < -0.39 is 0 Å². The molecule has 0 radical (unpaired) electrons. The maximum Gasteiger partial charge on any atom is 0.0881 e. The monoisotopic (exact) mass is 344 g/mol. The summed E-state index contributed by atoms with van der Waals surface area (Å²) in [6, 6.07) is 0. The summed E-state index contributed by atoms with van der Waals surface area (Å²) in [4.78, 5) is 0. The summed E-state index contributed by atoms with van der Waals surface area (Å²) in [6.07, 6.45) is 6.94. The predicted octanol–water partition coefficient (Wildman–Crippen LogP) is 4.40. The SMILES string of the molecule is CCC1CCCCC1OC(C)(CCl)CI. The number of alkyl halides is 2. The molecule has 0 saturated heterocycles. The van der Waals surface area contributed by atoms with Crippen LogP contribution in [0, 0.1) is 5.92 Å². The van der Waals surface area contributed by atoms with Crippen LogP contribution in [-0.4, -0.2) is 22.0 Å². The van der Waals surface area contributed by atoms with Gasteiger partial charge in [0.1, 0.15) is 0 Å². The lowest BCUT2D eigenvalue weighted by atomic mass is 9.84. The van der Waals surface area contributed by atoms with Gasteiger partial charge in [-0.25, -0.2) is 0 Å². The first-order valence-corrected chi connectivity index (χ1v) is 8.01. The Morgan fingerprint density at radius 3 is 2.60 bits per heavy atom. The second-order valence-corrected chi connectivity index (χ2v) is 5.86. The van der Waals surface area contributed by atoms with Crippen molar-refractivity contribution in [2.45, 2.75) is 57.7 Å². The molecule has 1 saturated carbocycles. The number of rotatable bonds is 5. The van der Waals surface area contributed by atoms with Gasteiger partial charge in [-0.1, -0.05) is 48.8 Å². The van der Waals surface area contributed by atoms with E-state index in [1.807, 2.05) is 0 Å². The Balaban J connectivity index is 2.53. The molecule has 0 bridgehead atoms. The van der Waals surface area contributed by atoms with Crippen molar-refractivity contribution in [2.24, 2.45) is 5.92 Å². The van der Waals surface area contributed by atoms with E-state index in [2.05, 4.69) is 36.4 Å². The molecule has 1 aliphatic carbocycles. The van der Waals surface area contributed by atoms with Crippen molar-refractivity contribution < 1.29 is 4.74 Å². The molecule has 0 N–H and O–H groups in total. The van der Waals surface area contributed by atoms with Crippen molar-refractivity contribution in [2.75, 3.05) is 10.3 Å². The Hall–Kier alpha value is 0.980. The van der Waals surface area contributed by atoms with Crippen molar-refractivity contribution in [1.29, 1.82) is 0 Å². The van der Waals surface area contributed by atoms with E-state index in [1.165, 1.54) is 32.1 Å². The largest absolute Gasteiger partial charge is 0.370 e. The Kier molecular flexibility index (Phi) is 6.23. The lowest BCUT2D eigenvalue weighted by Gasteiger charge is -2.37. The van der Waals surface area contributed by atoms with Gasteiger partial charge in [0.2, 0.25) is 0 Å². The van der Waals surface area contributed by atoms with Crippen LogP contribution in [0.1, 0.15) is 46.0 Å². The van der Waals surface area contributed by atoms with Crippen molar-refractivity contribution in [3.63, 3.8) is 0 Å². The highest BCUT2D eigenvalue weighted by Gasteiger charge is 2.32. The van der Waals surface area contributed by atoms with Gasteiger partial charge in [-0.15, -0.1) is 11.6 Å². The molecular formula is C12H22ClIO. The van der Waals surface area contributed by atoms with E-state index >= 15 is 0 Å². The fraction of sp³-hybridized carbons (Fsp3) is 1.00. The minimum atomic E-state index is -0.127. The summed E-state index contributed by atoms with van der Waals surface area (Å²) in [5.41, 5.74) is -0.127. The van der Waals surface area contributed by atoms with E-state index in [-0.39, 0.29) is 5.60 Å². The zero-order valence-corrected chi connectivity index (χ0v) is 12.7. The average molecular weight is 345 g/mol. The van der Waals surface area contributed by atoms with Crippen molar-refractivity contribution in [1.82, 2.24) is 0 Å². The quantitative estimate of drug-likeness (QED) is 0.530. The zero-order chi connectivity index (χ0) is 11.3. The standard InChI is InChI=1S/C12H22ClIO/c1-3-10-6-4-5-7-11(10)15-12(2,8-13)9-14/h10-11H,3-9H2,1-2H3. The first kappa shape index (κ1) is 14.0. The van der Waals surface area contributed by atoms with Crippen LogP contribution < -0.4 is 0 Å². The van der Waals surface area contributed by atoms with Gasteiger partial charge >= 0.3 is 0 Å². The normalized spacial score (nSPS) is 31.2. The van der Waals surface area contributed by atoms with E-state index in [4.69, 9.17) is 16.3 Å². The second-order valence-electron chi connectivity index (χ2n) is 4.83. The van der Waals surface area contributed by atoms with Crippen molar-refractivity contribution in [3.8, 4) is 0 Å². The highest BCUT2D eigenvalue weighted by Crippen LogP contribution is 2.32. The second kappa shape index (κ2) is 6.65. The molecule has 90 valence electrons. The van der Waals surface area contributed by atoms with Crippen molar-refractivity contribution >= 4 is 34.2 Å². The van der Waals surface area contributed by atoms with Gasteiger partial charge in [0.25, 0.3) is 0 Å². The maximum atomic E-state index is 6.24. The van der Waals surface area contributed by atoms with Gasteiger partial charge in [-0.3, -0.25) is 0 Å². The first-order chi connectivity index (χ1) is 7.15. The number of ether oxygens (including phenoxy) is 1. The zero-order valence-electron chi connectivity index (χ0n) is 9.77. The Morgan fingerprint density at radius 1 is 1.40 bits per heavy atom. The van der Waals surface area contributed by atoms with E-state index in [9.17, 15) is 0 Å². The fourth-order valence-electron chi connectivity index (χ4n) is 2.26. The van der Waals surface area contributed by atoms with Gasteiger partial charge in [0.05, 0.1) is 17.6 Å². The maximum absolute atomic E-state index is 6.24. The molecule has 0 aromatic rings. The van der Waals surface area contributed by atoms with Gasteiger partial charge in [-0.2, -0.15) is 0 Å². The fourth-order valence-corrected chi connectivity index (χ4v) is 3.19. The molecule has 1 aliphatic rings. The van der Waals surface area contributed by atoms with E-state index in [0.29, 0.717) is 12.0 Å². The van der Waals surface area contributed by atoms with Crippen LogP contribution >= 0.6 is 34.2 Å². The third-order valence-corrected chi connectivity index (χ3v) is 5.54. The third kappa shape index (κ3) is 4.04. The summed E-state index contributed by atoms with van der Waals surface area (Å²) in [7, 11) is 0. The van der Waals surface area contributed by atoms with Gasteiger partial charge in [0.15, 0.2) is 0 Å². The molecule has 3 heteroatoms. The predicted molar refractivity (Wildman–Crippen MR) is 75.1 cm³/mol. The van der Waals surface area contributed by atoms with Crippen LogP contribution in [0.3, 0.4) is 0 Å². The first-order valence-electron chi connectivity index (χ1n) is 5.95. The van der Waals surface area contributed by atoms with Crippen molar-refractivity contribution in [3.05, 3.63) is 0 Å². The van der Waals surface area contributed by atoms with Crippen LogP contribution in [0.15, 0.2) is 0 Å². The highest BCUT2D eigenvalue weighted by atomic mass is 127. The van der Waals surface area contributed by atoms with Crippen LogP contribution in [0.25, 0.3) is 0 Å². The summed E-state index contributed by atoms with van der Waals surface area (Å²) >= 11 is 8.36. The van der Waals surface area contributed by atoms with Crippen LogP contribution in [0.2, 0.25) is 0 Å². The summed E-state index contributed by atoms with van der Waals surface area (Å²) in [5, 5.41) is 0. The molecule has 3 atom stereocenters. The van der Waals surface area contributed by atoms with Crippen LogP contribution in [0.4, 0.5) is 0 Å². The Morgan fingerprint density at radius 2 is 2.07 bits per heavy atom. The molecule has 1 rings (SSSR count). The lowest BCUT2D eigenvalue weighted by molar-refractivity contribution is -0.0930. The third-order valence-electron chi connectivity index (χ3n) is 3.36. The smallest absolute Gasteiger partial charge is 0.0881 e. The molecule has 15 heavy (non-hydrogen) atoms. The summed E-state index contributed by atoms with van der Waals surface area (Å²) in [6.45, 7) is 4.40. The molecule has 0 heterocycles. The van der Waals surface area contributed by atoms with Gasteiger partial charge in [-0.05, 0) is 25.7 Å². The number of halogens is 2. The van der Waals surface area contributed by atoms with Crippen LogP contribution in [0.5, 0.6) is 0 Å². The molecule has 1 nitrogen and oxygen atoms in total. The summed E-state index contributed by atoms with van der Waals surface area (Å²) in [5.74, 6) is 1.35. The molecule has 0 aromatic carbocycles. The molecule has 0 aromatic heterocycles. The van der Waals surface area contributed by atoms with Crippen LogP contribution in [-0.2, 0) is 4.74 Å². The molecule has 0 amide bonds. The summed E-state index contributed by atoms with van der Waals surface area (Å²) < 4.78 is 7.21. The van der Waals surface area contributed by atoms with E-state index in [0.717, 1.165) is 10.3 Å². The molecule has 0 aliphatic heterocycles. The van der Waals surface area contributed by atoms with Gasteiger partial charge in [0, 0.05) is 4.43 Å². The lowest BCUT2D eigenvalue weighted by Crippen LogP contribution is -2.41. The average Bonchev–Trinajstić information content (AvgIpc) is 2.29. The number of hydrogen-bond acceptors (Lipinski definition) is 1. The van der Waals surface area contributed by atoms with E-state index in [1.54, 1.807) is 0 Å². The minimum Gasteiger partial charge on any atom is -0.370 e. The highest BCUT2D eigenvalue weighted by molar-refractivity contribution is 14.1. The topological polar surface area (TPSA) is 9.23 Å². The Bertz CT molecular complexity index is 182. The molecule has 1 fully saturated rings. The van der Waals surface area contributed by atoms with Gasteiger partial charge < -0.3 is 4.74 Å². The molecule has 3 unspecified atom stereocenters. The Labute approximate surface area is 112 Å². The molecule has 0 spiro atoms. The number of hydrogen-bond donors (Lipinski definition) is 0. The molecular weight excluding hydrogens is 322 g/mol.